The van der Waals surface area contributed by atoms with Crippen molar-refractivity contribution in [1.29, 1.82) is 0 Å². The Bertz CT molecular complexity index is 228. The third kappa shape index (κ3) is 1.23. The number of alkyl halides is 2. The lowest BCUT2D eigenvalue weighted by atomic mass is 10.4. The fraction of sp³-hybridized carbons (Fsp3) is 0.400. The average molecular weight is 149 g/mol. The maximum atomic E-state index is 12.2. The smallest absolute Gasteiger partial charge is 0.319 e. The number of hydrogen-bond donors (Lipinski definition) is 1. The fourth-order valence-electron chi connectivity index (χ4n) is 0.469. The van der Waals surface area contributed by atoms with Crippen LogP contribution in [0, 0.1) is 0 Å². The molecule has 0 aromatic carbocycles. The van der Waals surface area contributed by atoms with Crippen LogP contribution in [-0.4, -0.2) is 10.1 Å². The highest BCUT2D eigenvalue weighted by atomic mass is 19.3. The Morgan fingerprint density at radius 3 is 2.50 bits per heavy atom. The van der Waals surface area contributed by atoms with Crippen molar-refractivity contribution < 1.29 is 18.3 Å². The van der Waals surface area contributed by atoms with Crippen LogP contribution in [-0.2, 0) is 5.92 Å². The Hall–Kier alpha value is -1.13. The van der Waals surface area contributed by atoms with E-state index in [1.807, 2.05) is 0 Å². The topological polar surface area (TPSA) is 46.3 Å². The van der Waals surface area contributed by atoms with E-state index in [1.165, 1.54) is 0 Å². The number of rotatable bonds is 1. The minimum Gasteiger partial charge on any atom is -0.480 e. The highest BCUT2D eigenvalue weighted by molar-refractivity contribution is 5.00. The van der Waals surface area contributed by atoms with E-state index >= 15 is 0 Å². The second-order valence-corrected chi connectivity index (χ2v) is 1.89. The van der Waals surface area contributed by atoms with Crippen molar-refractivity contribution in [2.24, 2.45) is 0 Å². The molecule has 1 aromatic rings. The molecule has 0 amide bonds. The summed E-state index contributed by atoms with van der Waals surface area (Å²) in [6.07, 6.45) is 0.826. The van der Waals surface area contributed by atoms with Crippen LogP contribution in [0.15, 0.2) is 10.6 Å². The molecule has 0 atom stereocenters. The standard InChI is InChI=1S/C5H5F2NO2/c1-5(6,7)4-8-2-3(9)10-4/h2,9H,1H3. The van der Waals surface area contributed by atoms with E-state index in [1.54, 1.807) is 0 Å². The Morgan fingerprint density at radius 1 is 1.70 bits per heavy atom. The van der Waals surface area contributed by atoms with Crippen LogP contribution < -0.4 is 0 Å². The number of hydrogen-bond acceptors (Lipinski definition) is 3. The van der Waals surface area contributed by atoms with Gasteiger partial charge in [0.25, 0.3) is 5.89 Å². The molecule has 0 unspecified atom stereocenters. The first-order valence-electron chi connectivity index (χ1n) is 2.53. The second-order valence-electron chi connectivity index (χ2n) is 1.89. The van der Waals surface area contributed by atoms with Gasteiger partial charge in [0, 0.05) is 6.92 Å². The Morgan fingerprint density at radius 2 is 2.30 bits per heavy atom. The largest absolute Gasteiger partial charge is 0.480 e. The Balaban J connectivity index is 2.96. The van der Waals surface area contributed by atoms with E-state index in [4.69, 9.17) is 5.11 Å². The van der Waals surface area contributed by atoms with E-state index in [0.717, 1.165) is 6.20 Å². The molecule has 1 N–H and O–H groups in total. The second kappa shape index (κ2) is 1.93. The van der Waals surface area contributed by atoms with Crippen LogP contribution in [0.5, 0.6) is 5.95 Å². The van der Waals surface area contributed by atoms with E-state index < -0.39 is 17.8 Å². The minimum atomic E-state index is -3.12. The SMILES string of the molecule is CC(F)(F)c1ncc(O)o1. The van der Waals surface area contributed by atoms with Gasteiger partial charge in [0.2, 0.25) is 0 Å². The first-order chi connectivity index (χ1) is 4.50. The first-order valence-corrected chi connectivity index (χ1v) is 2.53. The lowest BCUT2D eigenvalue weighted by Gasteiger charge is -2.01. The molecule has 0 bridgehead atoms. The van der Waals surface area contributed by atoms with Gasteiger partial charge in [-0.15, -0.1) is 0 Å². The molecule has 5 heteroatoms. The van der Waals surface area contributed by atoms with Gasteiger partial charge < -0.3 is 9.52 Å². The number of aromatic nitrogens is 1. The lowest BCUT2D eigenvalue weighted by molar-refractivity contribution is -0.0132. The van der Waals surface area contributed by atoms with Crippen LogP contribution >= 0.6 is 0 Å². The van der Waals surface area contributed by atoms with E-state index in [2.05, 4.69) is 9.40 Å². The summed E-state index contributed by atoms with van der Waals surface area (Å²) in [6.45, 7) is 0.637. The van der Waals surface area contributed by atoms with Gasteiger partial charge in [-0.25, -0.2) is 4.98 Å². The van der Waals surface area contributed by atoms with Gasteiger partial charge in [0.05, 0.1) is 0 Å². The highest BCUT2D eigenvalue weighted by Gasteiger charge is 2.30. The maximum absolute atomic E-state index is 12.2. The minimum absolute atomic E-state index is 0.600. The molecular formula is C5H5F2NO2. The molecule has 1 rings (SSSR count). The number of nitrogens with zero attached hydrogens (tertiary/aromatic N) is 1. The fourth-order valence-corrected chi connectivity index (χ4v) is 0.469. The molecule has 0 saturated heterocycles. The molecule has 0 fully saturated rings. The van der Waals surface area contributed by atoms with E-state index in [0.29, 0.717) is 6.92 Å². The number of aromatic hydroxyl groups is 1. The van der Waals surface area contributed by atoms with Gasteiger partial charge in [-0.05, 0) is 0 Å². The number of oxazole rings is 1. The van der Waals surface area contributed by atoms with Gasteiger partial charge in [0.1, 0.15) is 6.20 Å². The van der Waals surface area contributed by atoms with Crippen molar-refractivity contribution >= 4 is 0 Å². The molecule has 1 heterocycles. The predicted octanol–water partition coefficient (Wildman–Crippen LogP) is 1.49. The van der Waals surface area contributed by atoms with Crippen molar-refractivity contribution in [3.8, 4) is 5.95 Å². The summed E-state index contributed by atoms with van der Waals surface area (Å²) in [5, 5.41) is 8.45. The van der Waals surface area contributed by atoms with Crippen LogP contribution in [0.3, 0.4) is 0 Å². The Kier molecular flexibility index (Phi) is 1.35. The van der Waals surface area contributed by atoms with Crippen LogP contribution in [0.1, 0.15) is 12.8 Å². The molecule has 0 aliphatic carbocycles. The van der Waals surface area contributed by atoms with Crippen molar-refractivity contribution in [3.05, 3.63) is 12.1 Å². The summed E-state index contributed by atoms with van der Waals surface area (Å²) in [5.74, 6) is -4.50. The molecule has 0 saturated carbocycles. The molecule has 0 spiro atoms. The lowest BCUT2D eigenvalue weighted by Crippen LogP contribution is -2.06. The zero-order valence-corrected chi connectivity index (χ0v) is 5.14. The molecule has 10 heavy (non-hydrogen) atoms. The summed E-state index contributed by atoms with van der Waals surface area (Å²) in [4.78, 5) is 3.12. The third-order valence-electron chi connectivity index (χ3n) is 0.869. The van der Waals surface area contributed by atoms with Crippen molar-refractivity contribution in [2.45, 2.75) is 12.8 Å². The number of halogens is 2. The van der Waals surface area contributed by atoms with Crippen molar-refractivity contribution in [1.82, 2.24) is 4.98 Å². The first kappa shape index (κ1) is 6.98. The molecular weight excluding hydrogens is 144 g/mol. The molecule has 0 aliphatic rings. The van der Waals surface area contributed by atoms with Crippen molar-refractivity contribution in [3.63, 3.8) is 0 Å². The monoisotopic (exact) mass is 149 g/mol. The average Bonchev–Trinajstić information content (AvgIpc) is 2.11. The van der Waals surface area contributed by atoms with Crippen LogP contribution in [0.25, 0.3) is 0 Å². The third-order valence-corrected chi connectivity index (χ3v) is 0.869. The van der Waals surface area contributed by atoms with Gasteiger partial charge in [0.15, 0.2) is 0 Å². The molecule has 1 aromatic heterocycles. The maximum Gasteiger partial charge on any atom is 0.319 e. The van der Waals surface area contributed by atoms with Gasteiger partial charge in [-0.1, -0.05) is 0 Å². The predicted molar refractivity (Wildman–Crippen MR) is 27.7 cm³/mol. The zero-order chi connectivity index (χ0) is 7.78. The summed E-state index contributed by atoms with van der Waals surface area (Å²) >= 11 is 0. The normalized spacial score (nSPS) is 11.9. The van der Waals surface area contributed by atoms with Gasteiger partial charge >= 0.3 is 11.9 Å². The van der Waals surface area contributed by atoms with Crippen LogP contribution in [0.2, 0.25) is 0 Å². The molecule has 0 radical (unpaired) electrons. The van der Waals surface area contributed by atoms with E-state index in [-0.39, 0.29) is 0 Å². The highest BCUT2D eigenvalue weighted by Crippen LogP contribution is 2.27. The van der Waals surface area contributed by atoms with Gasteiger partial charge in [-0.3, -0.25) is 0 Å². The zero-order valence-electron chi connectivity index (χ0n) is 5.14. The van der Waals surface area contributed by atoms with Gasteiger partial charge in [-0.2, -0.15) is 8.78 Å². The Labute approximate surface area is 55.3 Å². The van der Waals surface area contributed by atoms with Crippen molar-refractivity contribution in [2.75, 3.05) is 0 Å². The van der Waals surface area contributed by atoms with Crippen LogP contribution in [0.4, 0.5) is 8.78 Å². The summed E-state index contributed by atoms with van der Waals surface area (Å²) in [6, 6.07) is 0. The molecule has 0 aliphatic heterocycles. The molecule has 3 nitrogen and oxygen atoms in total. The quantitative estimate of drug-likeness (QED) is 0.657. The van der Waals surface area contributed by atoms with E-state index in [9.17, 15) is 8.78 Å². The summed E-state index contributed by atoms with van der Waals surface area (Å²) in [5.41, 5.74) is 0. The summed E-state index contributed by atoms with van der Waals surface area (Å²) in [7, 11) is 0. The molecule has 56 valence electrons. The summed E-state index contributed by atoms with van der Waals surface area (Å²) < 4.78 is 28.5.